The molecule has 194 valence electrons. The van der Waals surface area contributed by atoms with E-state index in [1.165, 1.54) is 6.07 Å². The predicted molar refractivity (Wildman–Crippen MR) is 130 cm³/mol. The number of halogens is 2. The summed E-state index contributed by atoms with van der Waals surface area (Å²) in [7, 11) is 0. The van der Waals surface area contributed by atoms with Crippen LogP contribution in [-0.4, -0.2) is 65.9 Å². The number of rotatable bonds is 7. The standard InChI is InChI=1S/C26H33F2N5O3/c1-16(18-6-8-32(9-7-18)26(34)35-15-17-2-3-17)36-20-11-30-25(31-12-20)33-13-22(24(29)14-33)21-10-19(27)4-5-23(21)28/h4-5,10-12,16-18,22,24H,2-3,6-9,13-15,29H2,1H3. The molecule has 3 aliphatic rings. The number of piperidine rings is 1. The van der Waals surface area contributed by atoms with Crippen LogP contribution < -0.4 is 15.4 Å². The van der Waals surface area contributed by atoms with Gasteiger partial charge in [0, 0.05) is 38.1 Å². The maximum atomic E-state index is 14.3. The summed E-state index contributed by atoms with van der Waals surface area (Å²) in [6.45, 7) is 4.75. The molecule has 1 amide bonds. The van der Waals surface area contributed by atoms with Gasteiger partial charge in [-0.1, -0.05) is 0 Å². The van der Waals surface area contributed by atoms with Gasteiger partial charge in [0.05, 0.1) is 25.1 Å². The molecule has 2 N–H and O–H groups in total. The topological polar surface area (TPSA) is 93.8 Å². The monoisotopic (exact) mass is 501 g/mol. The van der Waals surface area contributed by atoms with Gasteiger partial charge in [0.25, 0.3) is 0 Å². The van der Waals surface area contributed by atoms with Crippen LogP contribution in [-0.2, 0) is 4.74 Å². The molecule has 3 atom stereocenters. The van der Waals surface area contributed by atoms with Crippen molar-refractivity contribution in [2.45, 2.75) is 50.7 Å². The van der Waals surface area contributed by atoms with E-state index in [2.05, 4.69) is 9.97 Å². The van der Waals surface area contributed by atoms with Crippen molar-refractivity contribution in [1.29, 1.82) is 0 Å². The van der Waals surface area contributed by atoms with Crippen LogP contribution in [0.4, 0.5) is 19.5 Å². The van der Waals surface area contributed by atoms with Crippen LogP contribution in [0.2, 0.25) is 0 Å². The molecule has 1 aliphatic carbocycles. The molecule has 2 aromatic rings. The number of ether oxygens (including phenoxy) is 2. The maximum Gasteiger partial charge on any atom is 0.409 e. The Morgan fingerprint density at radius 3 is 2.56 bits per heavy atom. The second-order valence-corrected chi connectivity index (χ2v) is 10.2. The third kappa shape index (κ3) is 5.69. The van der Waals surface area contributed by atoms with Crippen molar-refractivity contribution in [1.82, 2.24) is 14.9 Å². The summed E-state index contributed by atoms with van der Waals surface area (Å²) in [5.41, 5.74) is 6.53. The zero-order chi connectivity index (χ0) is 25.2. The highest BCUT2D eigenvalue weighted by atomic mass is 19.1. The molecular weight excluding hydrogens is 468 g/mol. The Bertz CT molecular complexity index is 1060. The highest BCUT2D eigenvalue weighted by Crippen LogP contribution is 2.32. The molecular formula is C26H33F2N5O3. The SMILES string of the molecule is CC(Oc1cnc(N2CC(N)C(c3cc(F)ccc3F)C2)nc1)C1CCN(C(=O)OCC2CC2)CC1. The minimum atomic E-state index is -0.483. The molecule has 8 nitrogen and oxygen atoms in total. The summed E-state index contributed by atoms with van der Waals surface area (Å²) in [5, 5.41) is 0. The fourth-order valence-electron chi connectivity index (χ4n) is 5.08. The first-order valence-electron chi connectivity index (χ1n) is 12.7. The number of amides is 1. The second kappa shape index (κ2) is 10.5. The Hall–Kier alpha value is -3.01. The summed E-state index contributed by atoms with van der Waals surface area (Å²) < 4.78 is 39.4. The van der Waals surface area contributed by atoms with Crippen molar-refractivity contribution >= 4 is 12.0 Å². The van der Waals surface area contributed by atoms with Gasteiger partial charge < -0.3 is 25.0 Å². The van der Waals surface area contributed by atoms with Gasteiger partial charge in [0.15, 0.2) is 5.75 Å². The number of carbonyl (C=O) groups excluding carboxylic acids is 1. The van der Waals surface area contributed by atoms with Gasteiger partial charge in [-0.15, -0.1) is 0 Å². The van der Waals surface area contributed by atoms with Crippen LogP contribution in [0.15, 0.2) is 30.6 Å². The normalized spacial score (nSPS) is 23.6. The molecule has 0 spiro atoms. The molecule has 2 saturated heterocycles. The van der Waals surface area contributed by atoms with E-state index in [4.69, 9.17) is 15.2 Å². The Balaban J connectivity index is 1.12. The quantitative estimate of drug-likeness (QED) is 0.618. The number of hydrogen-bond acceptors (Lipinski definition) is 7. The number of carbonyl (C=O) groups is 1. The van der Waals surface area contributed by atoms with Crippen LogP contribution in [0.1, 0.15) is 44.1 Å². The molecule has 0 radical (unpaired) electrons. The Morgan fingerprint density at radius 2 is 1.86 bits per heavy atom. The fourth-order valence-corrected chi connectivity index (χ4v) is 5.08. The molecule has 3 unspecified atom stereocenters. The van der Waals surface area contributed by atoms with Crippen molar-refractivity contribution in [3.05, 3.63) is 47.8 Å². The summed E-state index contributed by atoms with van der Waals surface area (Å²) >= 11 is 0. The first kappa shape index (κ1) is 24.7. The number of aromatic nitrogens is 2. The predicted octanol–water partition coefficient (Wildman–Crippen LogP) is 3.71. The van der Waals surface area contributed by atoms with Crippen LogP contribution in [0.3, 0.4) is 0 Å². The van der Waals surface area contributed by atoms with Crippen molar-refractivity contribution in [3.63, 3.8) is 0 Å². The van der Waals surface area contributed by atoms with E-state index in [0.29, 0.717) is 56.3 Å². The highest BCUT2D eigenvalue weighted by molar-refractivity contribution is 5.67. The van der Waals surface area contributed by atoms with Crippen LogP contribution in [0, 0.1) is 23.5 Å². The zero-order valence-electron chi connectivity index (χ0n) is 20.5. The molecule has 1 aromatic carbocycles. The fraction of sp³-hybridized carbons (Fsp3) is 0.577. The molecule has 1 aromatic heterocycles. The summed E-state index contributed by atoms with van der Waals surface area (Å²) in [5.74, 6) is 0.624. The summed E-state index contributed by atoms with van der Waals surface area (Å²) in [6.07, 6.45) is 7.03. The molecule has 10 heteroatoms. The van der Waals surface area contributed by atoms with Gasteiger partial charge in [0.2, 0.25) is 5.95 Å². The largest absolute Gasteiger partial charge is 0.487 e. The van der Waals surface area contributed by atoms with Crippen molar-refractivity contribution < 1.29 is 23.0 Å². The second-order valence-electron chi connectivity index (χ2n) is 10.2. The van der Waals surface area contributed by atoms with Gasteiger partial charge >= 0.3 is 6.09 Å². The van der Waals surface area contributed by atoms with Gasteiger partial charge in [-0.25, -0.2) is 23.5 Å². The van der Waals surface area contributed by atoms with Crippen LogP contribution in [0.25, 0.3) is 0 Å². The van der Waals surface area contributed by atoms with Crippen molar-refractivity contribution in [2.24, 2.45) is 17.6 Å². The third-order valence-corrected chi connectivity index (χ3v) is 7.54. The molecule has 36 heavy (non-hydrogen) atoms. The zero-order valence-corrected chi connectivity index (χ0v) is 20.5. The van der Waals surface area contributed by atoms with E-state index in [-0.39, 0.29) is 29.7 Å². The molecule has 2 aliphatic heterocycles. The van der Waals surface area contributed by atoms with Crippen molar-refractivity contribution in [3.8, 4) is 5.75 Å². The maximum absolute atomic E-state index is 14.3. The van der Waals surface area contributed by atoms with E-state index >= 15 is 0 Å². The number of hydrogen-bond donors (Lipinski definition) is 1. The van der Waals surface area contributed by atoms with E-state index in [9.17, 15) is 13.6 Å². The number of nitrogens with two attached hydrogens (primary N) is 1. The number of likely N-dealkylation sites (tertiary alicyclic amines) is 1. The lowest BCUT2D eigenvalue weighted by molar-refractivity contribution is 0.0616. The third-order valence-electron chi connectivity index (χ3n) is 7.54. The lowest BCUT2D eigenvalue weighted by atomic mass is 9.92. The van der Waals surface area contributed by atoms with Crippen LogP contribution >= 0.6 is 0 Å². The molecule has 5 rings (SSSR count). The average Bonchev–Trinajstić information content (AvgIpc) is 3.64. The van der Waals surface area contributed by atoms with Crippen molar-refractivity contribution in [2.75, 3.05) is 37.7 Å². The highest BCUT2D eigenvalue weighted by Gasteiger charge is 2.35. The number of benzene rings is 1. The molecule has 3 fully saturated rings. The Labute approximate surface area is 209 Å². The smallest absolute Gasteiger partial charge is 0.409 e. The minimum Gasteiger partial charge on any atom is -0.487 e. The van der Waals surface area contributed by atoms with E-state index in [0.717, 1.165) is 37.8 Å². The lowest BCUT2D eigenvalue weighted by Gasteiger charge is -2.34. The van der Waals surface area contributed by atoms with E-state index in [1.54, 1.807) is 17.3 Å². The van der Waals surface area contributed by atoms with E-state index in [1.807, 2.05) is 11.8 Å². The molecule has 1 saturated carbocycles. The minimum absolute atomic E-state index is 0.0513. The Morgan fingerprint density at radius 1 is 1.14 bits per heavy atom. The first-order chi connectivity index (χ1) is 17.4. The van der Waals surface area contributed by atoms with Gasteiger partial charge in [0.1, 0.15) is 11.6 Å². The number of nitrogens with zero attached hydrogens (tertiary/aromatic N) is 4. The lowest BCUT2D eigenvalue weighted by Crippen LogP contribution is -2.42. The Kier molecular flexibility index (Phi) is 7.22. The van der Waals surface area contributed by atoms with Crippen LogP contribution in [0.5, 0.6) is 5.75 Å². The van der Waals surface area contributed by atoms with E-state index < -0.39 is 11.6 Å². The molecule has 0 bridgehead atoms. The van der Waals surface area contributed by atoms with Gasteiger partial charge in [-0.2, -0.15) is 0 Å². The van der Waals surface area contributed by atoms with Gasteiger partial charge in [-0.05, 0) is 68.2 Å². The summed E-state index contributed by atoms with van der Waals surface area (Å²) in [4.78, 5) is 24.7. The molecule has 3 heterocycles. The van der Waals surface area contributed by atoms with Gasteiger partial charge in [-0.3, -0.25) is 0 Å². The average molecular weight is 502 g/mol. The first-order valence-corrected chi connectivity index (χ1v) is 12.7. The summed E-state index contributed by atoms with van der Waals surface area (Å²) in [6, 6.07) is 3.09. The number of anilines is 1.